The number of rotatable bonds is 6. The first-order chi connectivity index (χ1) is 16.0. The lowest BCUT2D eigenvalue weighted by atomic mass is 10.1. The summed E-state index contributed by atoms with van der Waals surface area (Å²) in [6, 6.07) is 18.9. The molecule has 2 N–H and O–H groups in total. The van der Waals surface area contributed by atoms with Crippen molar-refractivity contribution in [1.29, 1.82) is 0 Å². The number of benzene rings is 2. The van der Waals surface area contributed by atoms with Crippen molar-refractivity contribution in [3.8, 4) is 22.8 Å². The summed E-state index contributed by atoms with van der Waals surface area (Å²) in [5.74, 6) is 0.274. The number of hydrogen-bond donors (Lipinski definition) is 2. The van der Waals surface area contributed by atoms with E-state index in [1.807, 2.05) is 12.1 Å². The molecule has 2 aromatic heterocycles. The number of pyridine rings is 1. The minimum atomic E-state index is -0.447. The molecule has 0 fully saturated rings. The minimum absolute atomic E-state index is 0.0336. The van der Waals surface area contributed by atoms with Crippen LogP contribution in [0.1, 0.15) is 21.1 Å². The van der Waals surface area contributed by atoms with Crippen LogP contribution in [-0.2, 0) is 0 Å². The summed E-state index contributed by atoms with van der Waals surface area (Å²) in [5.41, 5.74) is 2.18. The van der Waals surface area contributed by atoms with Gasteiger partial charge in [-0.15, -0.1) is 0 Å². The van der Waals surface area contributed by atoms with Crippen molar-refractivity contribution in [2.45, 2.75) is 0 Å². The highest BCUT2D eigenvalue weighted by molar-refractivity contribution is 6.30. The van der Waals surface area contributed by atoms with Gasteiger partial charge in [0.1, 0.15) is 17.2 Å². The number of amides is 2. The minimum Gasteiger partial charge on any atom is -0.457 e. The summed E-state index contributed by atoms with van der Waals surface area (Å²) in [4.78, 5) is 36.7. The molecule has 0 saturated carbocycles. The molecule has 0 radical (unpaired) electrons. The molecule has 0 aliphatic heterocycles. The van der Waals surface area contributed by atoms with Gasteiger partial charge < -0.3 is 15.4 Å². The van der Waals surface area contributed by atoms with Crippen molar-refractivity contribution >= 4 is 29.1 Å². The molecule has 2 aromatic carbocycles. The van der Waals surface area contributed by atoms with E-state index in [4.69, 9.17) is 16.3 Å². The molecule has 9 heteroatoms. The SMILES string of the molecule is CNC(=O)c1cc(Oc2ccc(NC(=O)c3nccc(-c4cccc(Cl)c4)n3)cc2)ccn1. The van der Waals surface area contributed by atoms with Crippen LogP contribution in [0, 0.1) is 0 Å². The number of nitrogens with zero attached hydrogens (tertiary/aromatic N) is 3. The number of ether oxygens (including phenoxy) is 1. The van der Waals surface area contributed by atoms with Gasteiger partial charge in [0.2, 0.25) is 5.82 Å². The first-order valence-electron chi connectivity index (χ1n) is 9.88. The lowest BCUT2D eigenvalue weighted by Gasteiger charge is -2.09. The van der Waals surface area contributed by atoms with Crippen molar-refractivity contribution < 1.29 is 14.3 Å². The molecule has 0 spiro atoms. The Morgan fingerprint density at radius 3 is 2.42 bits per heavy atom. The Bertz CT molecular complexity index is 1310. The first-order valence-corrected chi connectivity index (χ1v) is 10.3. The third kappa shape index (κ3) is 5.50. The summed E-state index contributed by atoms with van der Waals surface area (Å²) in [7, 11) is 1.53. The topological polar surface area (TPSA) is 106 Å². The second-order valence-electron chi connectivity index (χ2n) is 6.81. The molecular formula is C24H18ClN5O3. The van der Waals surface area contributed by atoms with Crippen LogP contribution < -0.4 is 15.4 Å². The third-order valence-electron chi connectivity index (χ3n) is 4.52. The largest absolute Gasteiger partial charge is 0.457 e. The molecular weight excluding hydrogens is 442 g/mol. The van der Waals surface area contributed by atoms with E-state index in [1.54, 1.807) is 54.6 Å². The Morgan fingerprint density at radius 1 is 0.879 bits per heavy atom. The number of halogens is 1. The molecule has 33 heavy (non-hydrogen) atoms. The number of aromatic nitrogens is 3. The molecule has 2 amide bonds. The molecule has 4 rings (SSSR count). The molecule has 4 aromatic rings. The van der Waals surface area contributed by atoms with E-state index >= 15 is 0 Å². The summed E-state index contributed by atoms with van der Waals surface area (Å²) in [5, 5.41) is 5.86. The van der Waals surface area contributed by atoms with Crippen LogP contribution in [0.4, 0.5) is 5.69 Å². The van der Waals surface area contributed by atoms with Crippen LogP contribution in [-0.4, -0.2) is 33.8 Å². The molecule has 0 saturated heterocycles. The van der Waals surface area contributed by atoms with Crippen LogP contribution >= 0.6 is 11.6 Å². The number of carbonyl (C=O) groups excluding carboxylic acids is 2. The van der Waals surface area contributed by atoms with Gasteiger partial charge >= 0.3 is 0 Å². The maximum Gasteiger partial charge on any atom is 0.293 e. The highest BCUT2D eigenvalue weighted by Crippen LogP contribution is 2.24. The third-order valence-corrected chi connectivity index (χ3v) is 4.75. The smallest absolute Gasteiger partial charge is 0.293 e. The summed E-state index contributed by atoms with van der Waals surface area (Å²) < 4.78 is 5.76. The van der Waals surface area contributed by atoms with Crippen molar-refractivity contribution in [1.82, 2.24) is 20.3 Å². The van der Waals surface area contributed by atoms with Crippen molar-refractivity contribution in [3.63, 3.8) is 0 Å². The molecule has 8 nitrogen and oxygen atoms in total. The van der Waals surface area contributed by atoms with Crippen LogP contribution in [0.3, 0.4) is 0 Å². The Morgan fingerprint density at radius 2 is 1.67 bits per heavy atom. The standard InChI is InChI=1S/C24H18ClN5O3/c1-26-23(31)21-14-19(9-11-27-21)33-18-7-5-17(6-8-18)29-24(32)22-28-12-10-20(30-22)15-3-2-4-16(25)13-15/h2-14H,1H3,(H,26,31)(H,29,32). The van der Waals surface area contributed by atoms with Crippen molar-refractivity contribution in [2.75, 3.05) is 12.4 Å². The molecule has 0 atom stereocenters. The highest BCUT2D eigenvalue weighted by atomic mass is 35.5. The quantitative estimate of drug-likeness (QED) is 0.436. The second kappa shape index (κ2) is 9.88. The Labute approximate surface area is 194 Å². The zero-order valence-corrected chi connectivity index (χ0v) is 18.2. The zero-order valence-electron chi connectivity index (χ0n) is 17.4. The molecule has 0 bridgehead atoms. The van der Waals surface area contributed by atoms with E-state index in [2.05, 4.69) is 25.6 Å². The van der Waals surface area contributed by atoms with E-state index < -0.39 is 5.91 Å². The summed E-state index contributed by atoms with van der Waals surface area (Å²) in [6.45, 7) is 0. The summed E-state index contributed by atoms with van der Waals surface area (Å²) in [6.07, 6.45) is 3.02. The second-order valence-corrected chi connectivity index (χ2v) is 7.25. The predicted octanol–water partition coefficient (Wildman–Crippen LogP) is 4.60. The Kier molecular flexibility index (Phi) is 6.56. The molecule has 0 aliphatic carbocycles. The van der Waals surface area contributed by atoms with Gasteiger partial charge in [0, 0.05) is 41.8 Å². The lowest BCUT2D eigenvalue weighted by molar-refractivity contribution is 0.0956. The van der Waals surface area contributed by atoms with Crippen molar-refractivity contribution in [3.05, 3.63) is 95.7 Å². The zero-order chi connectivity index (χ0) is 23.2. The fraction of sp³-hybridized carbons (Fsp3) is 0.0417. The Hall–Kier alpha value is -4.30. The maximum absolute atomic E-state index is 12.6. The molecule has 0 aliphatic rings. The maximum atomic E-state index is 12.6. The molecule has 164 valence electrons. The average Bonchev–Trinajstić information content (AvgIpc) is 2.85. The van der Waals surface area contributed by atoms with E-state index in [0.29, 0.717) is 27.9 Å². The van der Waals surface area contributed by atoms with Gasteiger partial charge in [-0.3, -0.25) is 14.6 Å². The van der Waals surface area contributed by atoms with E-state index in [1.165, 1.54) is 19.4 Å². The van der Waals surface area contributed by atoms with Crippen molar-refractivity contribution in [2.24, 2.45) is 0 Å². The van der Waals surface area contributed by atoms with Gasteiger partial charge in [-0.1, -0.05) is 23.7 Å². The van der Waals surface area contributed by atoms with Gasteiger partial charge in [0.05, 0.1) is 5.69 Å². The van der Waals surface area contributed by atoms with E-state index in [0.717, 1.165) is 5.56 Å². The van der Waals surface area contributed by atoms with Gasteiger partial charge in [0.15, 0.2) is 0 Å². The summed E-state index contributed by atoms with van der Waals surface area (Å²) >= 11 is 6.04. The van der Waals surface area contributed by atoms with E-state index in [-0.39, 0.29) is 17.4 Å². The number of hydrogen-bond acceptors (Lipinski definition) is 6. The Balaban J connectivity index is 1.44. The van der Waals surface area contributed by atoms with Gasteiger partial charge in [-0.05, 0) is 48.5 Å². The molecule has 2 heterocycles. The number of carbonyl (C=O) groups is 2. The van der Waals surface area contributed by atoms with Gasteiger partial charge in [-0.25, -0.2) is 9.97 Å². The van der Waals surface area contributed by atoms with E-state index in [9.17, 15) is 9.59 Å². The molecule has 0 unspecified atom stereocenters. The number of nitrogens with one attached hydrogen (secondary N) is 2. The fourth-order valence-electron chi connectivity index (χ4n) is 2.93. The fourth-order valence-corrected chi connectivity index (χ4v) is 3.12. The van der Waals surface area contributed by atoms with Crippen LogP contribution in [0.25, 0.3) is 11.3 Å². The number of anilines is 1. The van der Waals surface area contributed by atoms with Gasteiger partial charge in [0.25, 0.3) is 11.8 Å². The normalized spacial score (nSPS) is 10.4. The van der Waals surface area contributed by atoms with Gasteiger partial charge in [-0.2, -0.15) is 0 Å². The average molecular weight is 460 g/mol. The predicted molar refractivity (Wildman–Crippen MR) is 125 cm³/mol. The first kappa shape index (κ1) is 21.9. The monoisotopic (exact) mass is 459 g/mol. The van der Waals surface area contributed by atoms with Crippen LogP contribution in [0.2, 0.25) is 5.02 Å². The van der Waals surface area contributed by atoms with Crippen LogP contribution in [0.15, 0.2) is 79.1 Å². The highest BCUT2D eigenvalue weighted by Gasteiger charge is 2.12. The van der Waals surface area contributed by atoms with Crippen LogP contribution in [0.5, 0.6) is 11.5 Å². The lowest BCUT2D eigenvalue weighted by Crippen LogP contribution is -2.18.